The first-order valence-electron chi connectivity index (χ1n) is 7.72. The summed E-state index contributed by atoms with van der Waals surface area (Å²) in [7, 11) is 0. The summed E-state index contributed by atoms with van der Waals surface area (Å²) >= 11 is 8.66. The van der Waals surface area contributed by atoms with Crippen molar-refractivity contribution in [2.24, 2.45) is 0 Å². The molecule has 1 aliphatic heterocycles. The lowest BCUT2D eigenvalue weighted by Gasteiger charge is -2.25. The molecule has 0 saturated carbocycles. The van der Waals surface area contributed by atoms with Gasteiger partial charge in [0.15, 0.2) is 5.76 Å². The van der Waals surface area contributed by atoms with Gasteiger partial charge in [-0.25, -0.2) is 0 Å². The molecule has 0 fully saturated rings. The molecule has 1 unspecified atom stereocenters. The van der Waals surface area contributed by atoms with Crippen molar-refractivity contribution < 1.29 is 14.7 Å². The van der Waals surface area contributed by atoms with Crippen molar-refractivity contribution >= 4 is 51.7 Å². The fourth-order valence-corrected chi connectivity index (χ4v) is 4.59. The molecule has 0 radical (unpaired) electrons. The SMILES string of the molecule is O=C(C1=C(O)C(=O)N(c2ccc(Cl)cc2)C1c1cccs1)c1cccs1. The summed E-state index contributed by atoms with van der Waals surface area (Å²) in [5, 5.41) is 14.7. The summed E-state index contributed by atoms with van der Waals surface area (Å²) in [6.07, 6.45) is 0. The number of nitrogens with zero attached hydrogens (tertiary/aromatic N) is 1. The Kier molecular flexibility index (Phi) is 4.40. The smallest absolute Gasteiger partial charge is 0.294 e. The molecule has 0 spiro atoms. The van der Waals surface area contributed by atoms with Crippen molar-refractivity contribution in [1.29, 1.82) is 0 Å². The van der Waals surface area contributed by atoms with Crippen LogP contribution in [0.4, 0.5) is 5.69 Å². The van der Waals surface area contributed by atoms with Gasteiger partial charge >= 0.3 is 0 Å². The zero-order valence-electron chi connectivity index (χ0n) is 13.3. The van der Waals surface area contributed by atoms with Crippen LogP contribution in [0.25, 0.3) is 0 Å². The minimum absolute atomic E-state index is 0.106. The number of anilines is 1. The van der Waals surface area contributed by atoms with Gasteiger partial charge in [-0.1, -0.05) is 23.7 Å². The highest BCUT2D eigenvalue weighted by Gasteiger charge is 2.45. The van der Waals surface area contributed by atoms with Crippen LogP contribution in [0.15, 0.2) is 70.6 Å². The van der Waals surface area contributed by atoms with Gasteiger partial charge < -0.3 is 5.11 Å². The van der Waals surface area contributed by atoms with Gasteiger partial charge in [-0.05, 0) is 47.2 Å². The molecule has 1 aliphatic rings. The van der Waals surface area contributed by atoms with Crippen molar-refractivity contribution in [2.75, 3.05) is 4.90 Å². The Hall–Kier alpha value is -2.41. The van der Waals surface area contributed by atoms with E-state index in [1.54, 1.807) is 41.8 Å². The van der Waals surface area contributed by atoms with E-state index in [0.29, 0.717) is 15.6 Å². The second-order valence-electron chi connectivity index (χ2n) is 5.64. The molecule has 3 aromatic rings. The molecule has 3 heterocycles. The number of hydrogen-bond acceptors (Lipinski definition) is 5. The molecule has 7 heteroatoms. The van der Waals surface area contributed by atoms with Crippen molar-refractivity contribution in [1.82, 2.24) is 0 Å². The molecule has 4 nitrogen and oxygen atoms in total. The quantitative estimate of drug-likeness (QED) is 0.608. The average Bonchev–Trinajstić information content (AvgIpc) is 3.38. The Morgan fingerprint density at radius 1 is 1.04 bits per heavy atom. The topological polar surface area (TPSA) is 57.6 Å². The Labute approximate surface area is 162 Å². The minimum atomic E-state index is -0.668. The molecule has 26 heavy (non-hydrogen) atoms. The van der Waals surface area contributed by atoms with Gasteiger partial charge in [0.2, 0.25) is 5.78 Å². The summed E-state index contributed by atoms with van der Waals surface area (Å²) in [5.74, 6) is -1.43. The van der Waals surface area contributed by atoms with Gasteiger partial charge in [0, 0.05) is 15.6 Å². The zero-order chi connectivity index (χ0) is 18.3. The fourth-order valence-electron chi connectivity index (χ4n) is 2.96. The summed E-state index contributed by atoms with van der Waals surface area (Å²) in [6, 6.07) is 13.2. The van der Waals surface area contributed by atoms with Crippen LogP contribution >= 0.6 is 34.3 Å². The van der Waals surface area contributed by atoms with Crippen LogP contribution in [-0.2, 0) is 4.79 Å². The van der Waals surface area contributed by atoms with E-state index in [2.05, 4.69) is 0 Å². The van der Waals surface area contributed by atoms with E-state index in [-0.39, 0.29) is 11.4 Å². The highest BCUT2D eigenvalue weighted by atomic mass is 35.5. The molecule has 130 valence electrons. The third-order valence-corrected chi connectivity index (χ3v) is 6.16. The van der Waals surface area contributed by atoms with Crippen LogP contribution in [0.2, 0.25) is 5.02 Å². The monoisotopic (exact) mass is 401 g/mol. The van der Waals surface area contributed by atoms with E-state index in [1.807, 2.05) is 17.5 Å². The average molecular weight is 402 g/mol. The number of carbonyl (C=O) groups excluding carboxylic acids is 2. The predicted octanol–water partition coefficient (Wildman–Crippen LogP) is 5.25. The second-order valence-corrected chi connectivity index (χ2v) is 8.00. The van der Waals surface area contributed by atoms with E-state index in [9.17, 15) is 14.7 Å². The fraction of sp³-hybridized carbons (Fsp3) is 0.0526. The van der Waals surface area contributed by atoms with Crippen LogP contribution in [0.3, 0.4) is 0 Å². The summed E-state index contributed by atoms with van der Waals surface area (Å²) in [4.78, 5) is 28.6. The van der Waals surface area contributed by atoms with Crippen molar-refractivity contribution in [3.05, 3.63) is 85.4 Å². The van der Waals surface area contributed by atoms with E-state index in [1.165, 1.54) is 27.6 Å². The maximum absolute atomic E-state index is 13.0. The molecule has 0 aliphatic carbocycles. The van der Waals surface area contributed by atoms with Gasteiger partial charge in [0.25, 0.3) is 5.91 Å². The second kappa shape index (κ2) is 6.72. The van der Waals surface area contributed by atoms with Gasteiger partial charge in [0.05, 0.1) is 10.5 Å². The summed E-state index contributed by atoms with van der Waals surface area (Å²) < 4.78 is 0. The number of thiophene rings is 2. The van der Waals surface area contributed by atoms with Crippen LogP contribution in [-0.4, -0.2) is 16.8 Å². The number of halogens is 1. The molecule has 4 rings (SSSR count). The van der Waals surface area contributed by atoms with E-state index >= 15 is 0 Å². The van der Waals surface area contributed by atoms with Crippen molar-refractivity contribution in [2.45, 2.75) is 6.04 Å². The molecule has 1 aromatic carbocycles. The zero-order valence-corrected chi connectivity index (χ0v) is 15.6. The number of rotatable bonds is 4. The third kappa shape index (κ3) is 2.76. The molecular formula is C19H12ClNO3S2. The normalized spacial score (nSPS) is 17.2. The lowest BCUT2D eigenvalue weighted by Crippen LogP contribution is -2.30. The highest BCUT2D eigenvalue weighted by molar-refractivity contribution is 7.12. The highest BCUT2D eigenvalue weighted by Crippen LogP contribution is 2.43. The molecular weight excluding hydrogens is 390 g/mol. The Morgan fingerprint density at radius 2 is 1.73 bits per heavy atom. The number of ketones is 1. The predicted molar refractivity (Wildman–Crippen MR) is 104 cm³/mol. The summed E-state index contributed by atoms with van der Waals surface area (Å²) in [5.41, 5.74) is 0.674. The number of aliphatic hydroxyl groups is 1. The first kappa shape index (κ1) is 17.0. The number of aliphatic hydroxyl groups excluding tert-OH is 1. The van der Waals surface area contributed by atoms with Gasteiger partial charge in [-0.3, -0.25) is 14.5 Å². The number of benzene rings is 1. The van der Waals surface area contributed by atoms with Crippen LogP contribution in [0, 0.1) is 0 Å². The van der Waals surface area contributed by atoms with Crippen molar-refractivity contribution in [3.63, 3.8) is 0 Å². The maximum Gasteiger partial charge on any atom is 0.294 e. The Morgan fingerprint density at radius 3 is 2.35 bits per heavy atom. The first-order chi connectivity index (χ1) is 12.6. The molecule has 0 bridgehead atoms. The molecule has 1 N–H and O–H groups in total. The van der Waals surface area contributed by atoms with E-state index in [4.69, 9.17) is 11.6 Å². The van der Waals surface area contributed by atoms with Crippen LogP contribution < -0.4 is 4.90 Å². The lowest BCUT2D eigenvalue weighted by atomic mass is 10.0. The maximum atomic E-state index is 13.0. The largest absolute Gasteiger partial charge is 0.503 e. The van der Waals surface area contributed by atoms with Crippen LogP contribution in [0.1, 0.15) is 20.6 Å². The van der Waals surface area contributed by atoms with Gasteiger partial charge in [-0.15, -0.1) is 22.7 Å². The standard InChI is InChI=1S/C19H12ClNO3S2/c20-11-5-7-12(8-6-11)21-16(13-3-1-9-25-13)15(18(23)19(21)24)17(22)14-4-2-10-26-14/h1-10,16,23H. The minimum Gasteiger partial charge on any atom is -0.503 e. The van der Waals surface area contributed by atoms with E-state index < -0.39 is 17.7 Å². The Balaban J connectivity index is 1.86. The Bertz CT molecular complexity index is 992. The molecule has 1 atom stereocenters. The molecule has 2 aromatic heterocycles. The molecule has 1 amide bonds. The third-order valence-electron chi connectivity index (χ3n) is 4.12. The van der Waals surface area contributed by atoms with Gasteiger partial charge in [0.1, 0.15) is 6.04 Å². The van der Waals surface area contributed by atoms with Gasteiger partial charge in [-0.2, -0.15) is 0 Å². The first-order valence-corrected chi connectivity index (χ1v) is 9.85. The van der Waals surface area contributed by atoms with Crippen LogP contribution in [0.5, 0.6) is 0 Å². The number of Topliss-reactive ketones (excluding diaryl/α,β-unsaturated/α-hetero) is 1. The van der Waals surface area contributed by atoms with E-state index in [0.717, 1.165) is 4.88 Å². The number of carbonyl (C=O) groups is 2. The summed E-state index contributed by atoms with van der Waals surface area (Å²) in [6.45, 7) is 0. The molecule has 0 saturated heterocycles. The van der Waals surface area contributed by atoms with Crippen molar-refractivity contribution in [3.8, 4) is 0 Å². The lowest BCUT2D eigenvalue weighted by molar-refractivity contribution is -0.117. The number of hydrogen-bond donors (Lipinski definition) is 1. The number of amides is 1.